The van der Waals surface area contributed by atoms with Crippen LogP contribution in [0.3, 0.4) is 0 Å². The molecule has 0 nitrogen and oxygen atoms in total. The first-order valence-electron chi connectivity index (χ1n) is 25.1. The molecule has 0 saturated carbocycles. The smallest absolute Gasteiger partial charge is 0.00195 e. The van der Waals surface area contributed by atoms with E-state index < -0.39 is 0 Å². The van der Waals surface area contributed by atoms with E-state index in [1.54, 1.807) is 0 Å². The van der Waals surface area contributed by atoms with Crippen LogP contribution >= 0.6 is 0 Å². The summed E-state index contributed by atoms with van der Waals surface area (Å²) in [6.45, 7) is 0. The average molecular weight is 909 g/mol. The SMILES string of the molecule is c1ccc(-c2ccc3c(-c4cc5ccccc5c5ccccc45)c4cc5c(cc4c(-c4cc6ccccc6c6ccccc46)c3c2)c(-c2ccccc2)c(-c2ccc3ccccc3c2)c2ccccc25)cc1. The highest BCUT2D eigenvalue weighted by molar-refractivity contribution is 6.33. The predicted octanol–water partition coefficient (Wildman–Crippen LogP) is 20.4. The Bertz CT molecular complexity index is 4720. The average Bonchev–Trinajstić information content (AvgIpc) is 3.46. The van der Waals surface area contributed by atoms with Gasteiger partial charge in [-0.2, -0.15) is 0 Å². The van der Waals surface area contributed by atoms with Crippen LogP contribution in [0.25, 0.3) is 153 Å². The third-order valence-electron chi connectivity index (χ3n) is 15.5. The Hall–Kier alpha value is -9.36. The highest BCUT2D eigenvalue weighted by atomic mass is 14.3. The van der Waals surface area contributed by atoms with Gasteiger partial charge < -0.3 is 0 Å². The zero-order valence-electron chi connectivity index (χ0n) is 39.4. The number of hydrogen-bond acceptors (Lipinski definition) is 0. The van der Waals surface area contributed by atoms with Crippen LogP contribution in [0.15, 0.2) is 267 Å². The summed E-state index contributed by atoms with van der Waals surface area (Å²) < 4.78 is 0. The molecule has 0 N–H and O–H groups in total. The van der Waals surface area contributed by atoms with E-state index >= 15 is 0 Å². The summed E-state index contributed by atoms with van der Waals surface area (Å²) in [4.78, 5) is 0. The molecule has 0 aliphatic heterocycles. The van der Waals surface area contributed by atoms with Crippen LogP contribution < -0.4 is 0 Å². The van der Waals surface area contributed by atoms with Gasteiger partial charge in [-0.15, -0.1) is 0 Å². The highest BCUT2D eigenvalue weighted by Crippen LogP contribution is 2.53. The van der Waals surface area contributed by atoms with Crippen molar-refractivity contribution in [3.63, 3.8) is 0 Å². The number of benzene rings is 15. The third-order valence-corrected chi connectivity index (χ3v) is 15.5. The second-order valence-corrected chi connectivity index (χ2v) is 19.4. The fourth-order valence-corrected chi connectivity index (χ4v) is 12.4. The Morgan fingerprint density at radius 3 is 1.14 bits per heavy atom. The van der Waals surface area contributed by atoms with Gasteiger partial charge in [0.1, 0.15) is 0 Å². The lowest BCUT2D eigenvalue weighted by atomic mass is 9.79. The van der Waals surface area contributed by atoms with Gasteiger partial charge in [0.15, 0.2) is 0 Å². The molecule has 0 unspecified atom stereocenters. The van der Waals surface area contributed by atoms with E-state index in [4.69, 9.17) is 0 Å². The molecule has 15 aromatic carbocycles. The second-order valence-electron chi connectivity index (χ2n) is 19.4. The van der Waals surface area contributed by atoms with Crippen molar-refractivity contribution in [2.75, 3.05) is 0 Å². The molecule has 0 amide bonds. The first-order valence-corrected chi connectivity index (χ1v) is 25.1. The van der Waals surface area contributed by atoms with Crippen molar-refractivity contribution in [1.82, 2.24) is 0 Å². The van der Waals surface area contributed by atoms with Crippen molar-refractivity contribution in [3.8, 4) is 55.6 Å². The molecule has 0 aliphatic carbocycles. The zero-order valence-corrected chi connectivity index (χ0v) is 39.4. The quantitative estimate of drug-likeness (QED) is 0.119. The fourth-order valence-electron chi connectivity index (χ4n) is 12.4. The molecule has 0 heterocycles. The third kappa shape index (κ3) is 6.19. The summed E-state index contributed by atoms with van der Waals surface area (Å²) >= 11 is 0. The van der Waals surface area contributed by atoms with Crippen LogP contribution in [0.5, 0.6) is 0 Å². The predicted molar refractivity (Wildman–Crippen MR) is 311 cm³/mol. The molecule has 0 bridgehead atoms. The van der Waals surface area contributed by atoms with Crippen LogP contribution in [-0.4, -0.2) is 0 Å². The molecule has 0 radical (unpaired) electrons. The summed E-state index contributed by atoms with van der Waals surface area (Å²) in [5.74, 6) is 0. The van der Waals surface area contributed by atoms with Gasteiger partial charge >= 0.3 is 0 Å². The molecule has 15 aromatic rings. The monoisotopic (exact) mass is 908 g/mol. The van der Waals surface area contributed by atoms with E-state index in [2.05, 4.69) is 267 Å². The Balaban J connectivity index is 1.21. The summed E-state index contributed by atoms with van der Waals surface area (Å²) in [7, 11) is 0. The zero-order chi connectivity index (χ0) is 47.3. The minimum atomic E-state index is 1.19. The van der Waals surface area contributed by atoms with Crippen molar-refractivity contribution in [2.45, 2.75) is 0 Å². The van der Waals surface area contributed by atoms with Crippen molar-refractivity contribution in [1.29, 1.82) is 0 Å². The first-order chi connectivity index (χ1) is 35.7. The van der Waals surface area contributed by atoms with E-state index in [-0.39, 0.29) is 0 Å². The van der Waals surface area contributed by atoms with E-state index in [9.17, 15) is 0 Å². The summed E-state index contributed by atoms with van der Waals surface area (Å²) in [6, 6.07) is 100. The van der Waals surface area contributed by atoms with E-state index in [0.717, 1.165) is 0 Å². The molecule has 15 rings (SSSR count). The molecule has 0 spiro atoms. The van der Waals surface area contributed by atoms with Gasteiger partial charge in [-0.05, 0) is 189 Å². The molecule has 0 aromatic heterocycles. The Labute approximate surface area is 417 Å². The lowest BCUT2D eigenvalue weighted by Crippen LogP contribution is -1.96. The number of rotatable bonds is 5. The standard InChI is InChI=1S/C72H44/c1-3-19-45(20-4-1)49-37-38-61-65(40-49)72(64-42-51-26-10-12-28-54(51)56-30-14-16-32-58(56)64)68-44-66-62(43-67(68)71(61)63-41-50-25-9-11-27-53(50)55-29-13-15-31-57(55)63)59-33-17-18-34-60(59)70(69(66)47-22-5-2-6-23-47)52-36-35-46-21-7-8-24-48(46)39-52/h1-44H. The van der Waals surface area contributed by atoms with E-state index in [1.165, 1.54) is 153 Å². The van der Waals surface area contributed by atoms with E-state index in [0.29, 0.717) is 0 Å². The van der Waals surface area contributed by atoms with Gasteiger partial charge in [0.05, 0.1) is 0 Å². The largest absolute Gasteiger partial charge is 0.0622 e. The minimum Gasteiger partial charge on any atom is -0.0622 e. The molecule has 0 saturated heterocycles. The normalized spacial score (nSPS) is 11.9. The van der Waals surface area contributed by atoms with Crippen molar-refractivity contribution < 1.29 is 0 Å². The molecule has 72 heavy (non-hydrogen) atoms. The topological polar surface area (TPSA) is 0 Å². The Morgan fingerprint density at radius 2 is 0.528 bits per heavy atom. The molecule has 0 heteroatoms. The lowest BCUT2D eigenvalue weighted by Gasteiger charge is -2.24. The van der Waals surface area contributed by atoms with Gasteiger partial charge in [0.25, 0.3) is 0 Å². The van der Waals surface area contributed by atoms with Gasteiger partial charge in [-0.1, -0.05) is 231 Å². The lowest BCUT2D eigenvalue weighted by molar-refractivity contribution is 1.64. The van der Waals surface area contributed by atoms with E-state index in [1.807, 2.05) is 0 Å². The molecule has 0 aliphatic rings. The first kappa shape index (κ1) is 40.5. The molecular weight excluding hydrogens is 865 g/mol. The molecule has 332 valence electrons. The Kier molecular flexibility index (Phi) is 9.06. The van der Waals surface area contributed by atoms with Gasteiger partial charge in [0.2, 0.25) is 0 Å². The number of fused-ring (bicyclic) bond motifs is 12. The van der Waals surface area contributed by atoms with Crippen LogP contribution in [-0.2, 0) is 0 Å². The Morgan fingerprint density at radius 1 is 0.139 bits per heavy atom. The fraction of sp³-hybridized carbons (Fsp3) is 0. The van der Waals surface area contributed by atoms with Crippen LogP contribution in [0.4, 0.5) is 0 Å². The van der Waals surface area contributed by atoms with Crippen molar-refractivity contribution >= 4 is 97.0 Å². The van der Waals surface area contributed by atoms with Crippen molar-refractivity contribution in [3.05, 3.63) is 267 Å². The maximum Gasteiger partial charge on any atom is -0.00195 e. The van der Waals surface area contributed by atoms with Gasteiger partial charge in [-0.25, -0.2) is 0 Å². The summed E-state index contributed by atoms with van der Waals surface area (Å²) in [5, 5.41) is 22.3. The summed E-state index contributed by atoms with van der Waals surface area (Å²) in [6.07, 6.45) is 0. The maximum atomic E-state index is 2.59. The molecule has 0 atom stereocenters. The second kappa shape index (κ2) is 16.1. The molecular formula is C72H44. The van der Waals surface area contributed by atoms with Crippen LogP contribution in [0, 0.1) is 0 Å². The highest BCUT2D eigenvalue weighted by Gasteiger charge is 2.25. The summed E-state index contributed by atoms with van der Waals surface area (Å²) in [5.41, 5.74) is 12.3. The van der Waals surface area contributed by atoms with Crippen LogP contribution in [0.2, 0.25) is 0 Å². The van der Waals surface area contributed by atoms with Gasteiger partial charge in [0, 0.05) is 0 Å². The van der Waals surface area contributed by atoms with Crippen molar-refractivity contribution in [2.24, 2.45) is 0 Å². The minimum absolute atomic E-state index is 1.19. The van der Waals surface area contributed by atoms with Crippen LogP contribution in [0.1, 0.15) is 0 Å². The van der Waals surface area contributed by atoms with Gasteiger partial charge in [-0.3, -0.25) is 0 Å². The number of hydrogen-bond donors (Lipinski definition) is 0. The molecule has 0 fully saturated rings. The maximum absolute atomic E-state index is 2.59.